The van der Waals surface area contributed by atoms with Crippen molar-refractivity contribution in [1.29, 1.82) is 0 Å². The average Bonchev–Trinajstić information content (AvgIpc) is 2.45. The molecular weight excluding hydrogens is 146 g/mol. The van der Waals surface area contributed by atoms with Crippen LogP contribution in [0.25, 0.3) is 0 Å². The Labute approximate surface area is 76.2 Å². The lowest BCUT2D eigenvalue weighted by atomic mass is 10.1. The lowest BCUT2D eigenvalue weighted by molar-refractivity contribution is 0.483. The Morgan fingerprint density at radius 3 is 2.83 bits per heavy atom. The lowest BCUT2D eigenvalue weighted by Gasteiger charge is -2.08. The highest BCUT2D eigenvalue weighted by atomic mass is 14.8. The van der Waals surface area contributed by atoms with Gasteiger partial charge < -0.3 is 5.32 Å². The number of hydrogen-bond acceptors (Lipinski definition) is 1. The van der Waals surface area contributed by atoms with Crippen LogP contribution in [-0.2, 0) is 0 Å². The molecule has 0 spiro atoms. The molecule has 1 fully saturated rings. The molecule has 70 valence electrons. The van der Waals surface area contributed by atoms with Crippen LogP contribution in [0, 0.1) is 11.8 Å². The van der Waals surface area contributed by atoms with E-state index in [0.717, 1.165) is 18.4 Å². The van der Waals surface area contributed by atoms with Gasteiger partial charge in [0.25, 0.3) is 0 Å². The van der Waals surface area contributed by atoms with Gasteiger partial charge in [0.1, 0.15) is 0 Å². The molecule has 2 unspecified atom stereocenters. The fourth-order valence-electron chi connectivity index (χ4n) is 2.00. The standard InChI is InChI=1S/C11H21N/c1-3-4-7-12-9-11-6-5-10(2)8-11/h3-4,10-12H,5-9H2,1-2H3/b4-3+. The van der Waals surface area contributed by atoms with Crippen LogP contribution in [0.4, 0.5) is 0 Å². The molecule has 1 heteroatoms. The van der Waals surface area contributed by atoms with E-state index in [9.17, 15) is 0 Å². The average molecular weight is 167 g/mol. The van der Waals surface area contributed by atoms with Crippen LogP contribution >= 0.6 is 0 Å². The molecule has 1 N–H and O–H groups in total. The summed E-state index contributed by atoms with van der Waals surface area (Å²) in [6, 6.07) is 0. The van der Waals surface area contributed by atoms with Gasteiger partial charge in [-0.1, -0.05) is 25.5 Å². The summed E-state index contributed by atoms with van der Waals surface area (Å²) < 4.78 is 0. The molecular formula is C11H21N. The number of allylic oxidation sites excluding steroid dienone is 1. The first kappa shape index (κ1) is 9.79. The zero-order valence-corrected chi connectivity index (χ0v) is 8.34. The minimum absolute atomic E-state index is 0.949. The van der Waals surface area contributed by atoms with Crippen molar-refractivity contribution in [1.82, 2.24) is 5.32 Å². The molecule has 1 nitrogen and oxygen atoms in total. The van der Waals surface area contributed by atoms with Crippen molar-refractivity contribution < 1.29 is 0 Å². The highest BCUT2D eigenvalue weighted by molar-refractivity contribution is 4.81. The highest BCUT2D eigenvalue weighted by Crippen LogP contribution is 2.29. The van der Waals surface area contributed by atoms with Crippen LogP contribution < -0.4 is 5.32 Å². The summed E-state index contributed by atoms with van der Waals surface area (Å²) in [4.78, 5) is 0. The molecule has 0 radical (unpaired) electrons. The highest BCUT2D eigenvalue weighted by Gasteiger charge is 2.20. The van der Waals surface area contributed by atoms with Gasteiger partial charge in [-0.25, -0.2) is 0 Å². The quantitative estimate of drug-likeness (QED) is 0.501. The first-order valence-electron chi connectivity index (χ1n) is 5.14. The van der Waals surface area contributed by atoms with Crippen molar-refractivity contribution in [3.05, 3.63) is 12.2 Å². The summed E-state index contributed by atoms with van der Waals surface area (Å²) in [5.74, 6) is 1.92. The Morgan fingerprint density at radius 2 is 2.25 bits per heavy atom. The van der Waals surface area contributed by atoms with Gasteiger partial charge in [0.05, 0.1) is 0 Å². The first-order valence-corrected chi connectivity index (χ1v) is 5.14. The molecule has 1 aliphatic carbocycles. The third-order valence-electron chi connectivity index (χ3n) is 2.73. The summed E-state index contributed by atoms with van der Waals surface area (Å²) >= 11 is 0. The summed E-state index contributed by atoms with van der Waals surface area (Å²) in [6.45, 7) is 6.70. The Kier molecular flexibility index (Phi) is 4.37. The van der Waals surface area contributed by atoms with Crippen LogP contribution in [0.2, 0.25) is 0 Å². The molecule has 0 saturated heterocycles. The summed E-state index contributed by atoms with van der Waals surface area (Å²) in [5.41, 5.74) is 0. The molecule has 0 heterocycles. The molecule has 1 rings (SSSR count). The molecule has 0 amide bonds. The predicted molar refractivity (Wildman–Crippen MR) is 54.2 cm³/mol. The second kappa shape index (κ2) is 5.36. The van der Waals surface area contributed by atoms with Gasteiger partial charge in [-0.05, 0) is 38.1 Å². The van der Waals surface area contributed by atoms with E-state index in [0.29, 0.717) is 0 Å². The Hall–Kier alpha value is -0.300. The van der Waals surface area contributed by atoms with Crippen molar-refractivity contribution >= 4 is 0 Å². The molecule has 1 aliphatic rings. The van der Waals surface area contributed by atoms with Crippen LogP contribution in [0.5, 0.6) is 0 Å². The zero-order chi connectivity index (χ0) is 8.81. The van der Waals surface area contributed by atoms with E-state index in [1.807, 2.05) is 0 Å². The molecule has 0 aromatic carbocycles. The van der Waals surface area contributed by atoms with E-state index in [-0.39, 0.29) is 0 Å². The third-order valence-corrected chi connectivity index (χ3v) is 2.73. The summed E-state index contributed by atoms with van der Waals surface area (Å²) in [6.07, 6.45) is 8.59. The second-order valence-corrected chi connectivity index (χ2v) is 4.01. The minimum Gasteiger partial charge on any atom is -0.313 e. The maximum atomic E-state index is 3.46. The molecule has 0 bridgehead atoms. The van der Waals surface area contributed by atoms with Crippen LogP contribution in [0.1, 0.15) is 33.1 Å². The molecule has 12 heavy (non-hydrogen) atoms. The molecule has 0 aliphatic heterocycles. The fraction of sp³-hybridized carbons (Fsp3) is 0.818. The number of nitrogens with one attached hydrogen (secondary N) is 1. The summed E-state index contributed by atoms with van der Waals surface area (Å²) in [7, 11) is 0. The van der Waals surface area contributed by atoms with E-state index < -0.39 is 0 Å². The molecule has 1 saturated carbocycles. The third kappa shape index (κ3) is 3.40. The zero-order valence-electron chi connectivity index (χ0n) is 8.34. The van der Waals surface area contributed by atoms with E-state index in [1.165, 1.54) is 25.8 Å². The predicted octanol–water partition coefficient (Wildman–Crippen LogP) is 2.59. The molecule has 0 aromatic heterocycles. The second-order valence-electron chi connectivity index (χ2n) is 4.01. The van der Waals surface area contributed by atoms with Crippen molar-refractivity contribution in [2.24, 2.45) is 11.8 Å². The van der Waals surface area contributed by atoms with Crippen molar-refractivity contribution in [3.8, 4) is 0 Å². The fourth-order valence-corrected chi connectivity index (χ4v) is 2.00. The van der Waals surface area contributed by atoms with Crippen molar-refractivity contribution in [2.45, 2.75) is 33.1 Å². The van der Waals surface area contributed by atoms with Gasteiger partial charge in [0.2, 0.25) is 0 Å². The Balaban J connectivity index is 2.00. The Bertz CT molecular complexity index is 140. The smallest absolute Gasteiger partial charge is 0.0134 e. The summed E-state index contributed by atoms with van der Waals surface area (Å²) in [5, 5.41) is 3.46. The Morgan fingerprint density at radius 1 is 1.42 bits per heavy atom. The number of rotatable bonds is 4. The largest absolute Gasteiger partial charge is 0.313 e. The van der Waals surface area contributed by atoms with E-state index >= 15 is 0 Å². The maximum Gasteiger partial charge on any atom is 0.0134 e. The van der Waals surface area contributed by atoms with E-state index in [4.69, 9.17) is 0 Å². The van der Waals surface area contributed by atoms with Crippen molar-refractivity contribution in [2.75, 3.05) is 13.1 Å². The van der Waals surface area contributed by atoms with Gasteiger partial charge in [-0.15, -0.1) is 0 Å². The van der Waals surface area contributed by atoms with Crippen LogP contribution in [-0.4, -0.2) is 13.1 Å². The van der Waals surface area contributed by atoms with Gasteiger partial charge in [0.15, 0.2) is 0 Å². The monoisotopic (exact) mass is 167 g/mol. The van der Waals surface area contributed by atoms with Gasteiger partial charge in [-0.2, -0.15) is 0 Å². The molecule has 2 atom stereocenters. The normalized spacial score (nSPS) is 30.2. The van der Waals surface area contributed by atoms with E-state index in [2.05, 4.69) is 31.3 Å². The number of hydrogen-bond donors (Lipinski definition) is 1. The topological polar surface area (TPSA) is 12.0 Å². The van der Waals surface area contributed by atoms with Crippen molar-refractivity contribution in [3.63, 3.8) is 0 Å². The molecule has 0 aromatic rings. The van der Waals surface area contributed by atoms with Gasteiger partial charge in [0, 0.05) is 6.54 Å². The lowest BCUT2D eigenvalue weighted by Crippen LogP contribution is -2.21. The van der Waals surface area contributed by atoms with Gasteiger partial charge >= 0.3 is 0 Å². The maximum absolute atomic E-state index is 3.46. The minimum atomic E-state index is 0.949. The first-order chi connectivity index (χ1) is 5.83. The van der Waals surface area contributed by atoms with Crippen LogP contribution in [0.15, 0.2) is 12.2 Å². The SMILES string of the molecule is C/C=C/CNCC1CCC(C)C1. The van der Waals surface area contributed by atoms with Crippen LogP contribution in [0.3, 0.4) is 0 Å². The van der Waals surface area contributed by atoms with E-state index in [1.54, 1.807) is 0 Å². The van der Waals surface area contributed by atoms with Gasteiger partial charge in [-0.3, -0.25) is 0 Å².